The van der Waals surface area contributed by atoms with Crippen LogP contribution in [0.4, 0.5) is 24.5 Å². The van der Waals surface area contributed by atoms with Crippen molar-refractivity contribution in [2.45, 2.75) is 38.3 Å². The first-order valence-electron chi connectivity index (χ1n) is 11.0. The third-order valence-electron chi connectivity index (χ3n) is 6.85. The molecule has 0 fully saturated rings. The van der Waals surface area contributed by atoms with Crippen LogP contribution in [0.25, 0.3) is 0 Å². The van der Waals surface area contributed by atoms with Crippen molar-refractivity contribution in [1.82, 2.24) is 0 Å². The molecule has 1 unspecified atom stereocenters. The van der Waals surface area contributed by atoms with Gasteiger partial charge < -0.3 is 11.1 Å². The molecule has 2 heterocycles. The first kappa shape index (κ1) is 22.7. The highest BCUT2D eigenvalue weighted by Crippen LogP contribution is 2.57. The van der Waals surface area contributed by atoms with Crippen molar-refractivity contribution >= 4 is 23.1 Å². The lowest BCUT2D eigenvalue weighted by molar-refractivity contribution is -0.137. The molecule has 2 aliphatic heterocycles. The molecule has 5 rings (SSSR count). The molecule has 0 radical (unpaired) electrons. The standard InChI is InChI=1S/C26H21F3N4O2/c1-24(2)11-19-21(20(34)12-24)25(16-5-3-4-6-18(16)32-23(25)35)17(13-30)22(31)33(19)15-9-7-14(8-10-15)26(27,28)29/h3-10H,11-12,31H2,1-2H3,(H,32,35). The number of nitriles is 1. The fourth-order valence-electron chi connectivity index (χ4n) is 5.47. The molecule has 2 aromatic rings. The van der Waals surface area contributed by atoms with Gasteiger partial charge in [-0.05, 0) is 42.2 Å². The van der Waals surface area contributed by atoms with Crippen molar-refractivity contribution in [1.29, 1.82) is 5.26 Å². The number of allylic oxidation sites excluding steroid dienone is 1. The number of amides is 1. The average molecular weight is 478 g/mol. The number of nitrogens with two attached hydrogens (primary N) is 1. The largest absolute Gasteiger partial charge is 0.416 e. The summed E-state index contributed by atoms with van der Waals surface area (Å²) in [6, 6.07) is 13.2. The zero-order chi connectivity index (χ0) is 25.3. The Morgan fingerprint density at radius 2 is 1.71 bits per heavy atom. The smallest absolute Gasteiger partial charge is 0.384 e. The lowest BCUT2D eigenvalue weighted by Gasteiger charge is -2.46. The predicted molar refractivity (Wildman–Crippen MR) is 123 cm³/mol. The van der Waals surface area contributed by atoms with Crippen LogP contribution in [0.1, 0.15) is 37.8 Å². The normalized spacial score (nSPS) is 23.3. The van der Waals surface area contributed by atoms with Gasteiger partial charge in [-0.25, -0.2) is 0 Å². The molecule has 2 aromatic carbocycles. The zero-order valence-electron chi connectivity index (χ0n) is 19.0. The first-order chi connectivity index (χ1) is 16.4. The van der Waals surface area contributed by atoms with Crippen molar-refractivity contribution in [2.24, 2.45) is 11.1 Å². The first-order valence-corrected chi connectivity index (χ1v) is 11.0. The summed E-state index contributed by atoms with van der Waals surface area (Å²) < 4.78 is 39.5. The van der Waals surface area contributed by atoms with Gasteiger partial charge in [0.1, 0.15) is 17.3 Å². The number of hydrogen-bond donors (Lipinski definition) is 2. The number of para-hydroxylation sites is 1. The van der Waals surface area contributed by atoms with Crippen molar-refractivity contribution in [3.8, 4) is 6.07 Å². The monoisotopic (exact) mass is 478 g/mol. The fourth-order valence-corrected chi connectivity index (χ4v) is 5.47. The number of Topliss-reactive ketones (excluding diaryl/α,β-unsaturated/α-hetero) is 1. The molecule has 178 valence electrons. The van der Waals surface area contributed by atoms with E-state index in [1.807, 2.05) is 13.8 Å². The summed E-state index contributed by atoms with van der Waals surface area (Å²) in [7, 11) is 0. The summed E-state index contributed by atoms with van der Waals surface area (Å²) >= 11 is 0. The van der Waals surface area contributed by atoms with Gasteiger partial charge in [-0.3, -0.25) is 14.5 Å². The number of anilines is 2. The Bertz CT molecular complexity index is 1400. The van der Waals surface area contributed by atoms with Gasteiger partial charge in [-0.15, -0.1) is 0 Å². The number of fused-ring (bicyclic) bond motifs is 3. The highest BCUT2D eigenvalue weighted by atomic mass is 19.4. The predicted octanol–water partition coefficient (Wildman–Crippen LogP) is 4.75. The number of carbonyl (C=O) groups is 2. The topological polar surface area (TPSA) is 99.2 Å². The summed E-state index contributed by atoms with van der Waals surface area (Å²) in [5.41, 5.74) is 5.10. The minimum atomic E-state index is -4.53. The van der Waals surface area contributed by atoms with Crippen LogP contribution in [0.5, 0.6) is 0 Å². The molecule has 3 aliphatic rings. The maximum atomic E-state index is 13.7. The molecule has 3 N–H and O–H groups in total. The molecular formula is C26H21F3N4O2. The van der Waals surface area contributed by atoms with Gasteiger partial charge in [0, 0.05) is 34.6 Å². The Labute approximate surface area is 199 Å². The second-order valence-electron chi connectivity index (χ2n) is 9.76. The van der Waals surface area contributed by atoms with E-state index in [0.717, 1.165) is 12.1 Å². The van der Waals surface area contributed by atoms with Crippen LogP contribution in [-0.2, 0) is 21.2 Å². The van der Waals surface area contributed by atoms with E-state index in [1.54, 1.807) is 24.3 Å². The van der Waals surface area contributed by atoms with Gasteiger partial charge in [-0.2, -0.15) is 18.4 Å². The Morgan fingerprint density at radius 1 is 1.06 bits per heavy atom. The van der Waals surface area contributed by atoms with Crippen LogP contribution >= 0.6 is 0 Å². The second kappa shape index (κ2) is 7.22. The van der Waals surface area contributed by atoms with Gasteiger partial charge >= 0.3 is 6.18 Å². The van der Waals surface area contributed by atoms with Crippen LogP contribution in [0.3, 0.4) is 0 Å². The van der Waals surface area contributed by atoms with Crippen LogP contribution in [0, 0.1) is 16.7 Å². The number of hydrogen-bond acceptors (Lipinski definition) is 5. The molecule has 0 bridgehead atoms. The van der Waals surface area contributed by atoms with Crippen LogP contribution < -0.4 is 16.0 Å². The lowest BCUT2D eigenvalue weighted by Crippen LogP contribution is -2.52. The molecular weight excluding hydrogens is 457 g/mol. The van der Waals surface area contributed by atoms with Gasteiger partial charge in [0.05, 0.1) is 11.1 Å². The average Bonchev–Trinajstić information content (AvgIpc) is 3.05. The summed E-state index contributed by atoms with van der Waals surface area (Å²) in [5.74, 6) is -0.950. The molecule has 0 saturated carbocycles. The summed E-state index contributed by atoms with van der Waals surface area (Å²) in [6.07, 6.45) is -4.06. The van der Waals surface area contributed by atoms with Crippen molar-refractivity contribution in [3.63, 3.8) is 0 Å². The number of halogens is 3. The number of benzene rings is 2. The van der Waals surface area contributed by atoms with Gasteiger partial charge in [0.15, 0.2) is 5.78 Å². The summed E-state index contributed by atoms with van der Waals surface area (Å²) in [4.78, 5) is 28.8. The number of alkyl halides is 3. The minimum Gasteiger partial charge on any atom is -0.384 e. The molecule has 9 heteroatoms. The summed E-state index contributed by atoms with van der Waals surface area (Å²) in [5, 5.41) is 13.0. The van der Waals surface area contributed by atoms with Crippen molar-refractivity contribution < 1.29 is 22.8 Å². The van der Waals surface area contributed by atoms with E-state index in [1.165, 1.54) is 17.0 Å². The maximum Gasteiger partial charge on any atom is 0.416 e. The highest BCUT2D eigenvalue weighted by molar-refractivity contribution is 6.20. The van der Waals surface area contributed by atoms with Crippen LogP contribution in [0.15, 0.2) is 71.2 Å². The Hall–Kier alpha value is -4.06. The Balaban J connectivity index is 1.83. The van der Waals surface area contributed by atoms with Gasteiger partial charge in [-0.1, -0.05) is 32.0 Å². The third kappa shape index (κ3) is 3.09. The number of nitrogens with one attached hydrogen (secondary N) is 1. The van der Waals surface area contributed by atoms with E-state index in [2.05, 4.69) is 11.4 Å². The molecule has 1 atom stereocenters. The summed E-state index contributed by atoms with van der Waals surface area (Å²) in [6.45, 7) is 3.79. The molecule has 35 heavy (non-hydrogen) atoms. The highest BCUT2D eigenvalue weighted by Gasteiger charge is 2.61. The van der Waals surface area contributed by atoms with Crippen molar-refractivity contribution in [3.05, 3.63) is 82.3 Å². The molecule has 1 amide bonds. The van der Waals surface area contributed by atoms with Crippen LogP contribution in [0.2, 0.25) is 0 Å². The maximum absolute atomic E-state index is 13.7. The van der Waals surface area contributed by atoms with E-state index in [0.29, 0.717) is 23.4 Å². The van der Waals surface area contributed by atoms with Gasteiger partial charge in [0.25, 0.3) is 0 Å². The molecule has 6 nitrogen and oxygen atoms in total. The molecule has 0 saturated heterocycles. The molecule has 0 aromatic heterocycles. The number of ketones is 1. The van der Waals surface area contributed by atoms with Crippen LogP contribution in [-0.4, -0.2) is 11.7 Å². The van der Waals surface area contributed by atoms with E-state index in [4.69, 9.17) is 5.73 Å². The molecule has 1 spiro atoms. The Kier molecular flexibility index (Phi) is 4.69. The quantitative estimate of drug-likeness (QED) is 0.616. The van der Waals surface area contributed by atoms with E-state index in [-0.39, 0.29) is 34.9 Å². The number of carbonyl (C=O) groups excluding carboxylic acids is 2. The molecule has 1 aliphatic carbocycles. The van der Waals surface area contributed by atoms with E-state index in [9.17, 15) is 28.0 Å². The van der Waals surface area contributed by atoms with Crippen molar-refractivity contribution in [2.75, 3.05) is 10.2 Å². The zero-order valence-corrected chi connectivity index (χ0v) is 19.0. The Morgan fingerprint density at radius 3 is 2.34 bits per heavy atom. The number of nitrogens with zero attached hydrogens (tertiary/aromatic N) is 2. The van der Waals surface area contributed by atoms with E-state index < -0.39 is 28.5 Å². The minimum absolute atomic E-state index is 0.0941. The SMILES string of the molecule is CC1(C)CC(=O)C2=C(C1)N(c1ccc(C(F)(F)F)cc1)C(N)=C(C#N)C21C(=O)Nc2ccccc21. The second-order valence-corrected chi connectivity index (χ2v) is 9.76. The fraction of sp³-hybridized carbons (Fsp3) is 0.269. The van der Waals surface area contributed by atoms with Gasteiger partial charge in [0.2, 0.25) is 5.91 Å². The lowest BCUT2D eigenvalue weighted by atomic mass is 9.61. The third-order valence-corrected chi connectivity index (χ3v) is 6.85. The van der Waals surface area contributed by atoms with E-state index >= 15 is 0 Å². The number of rotatable bonds is 1.